The number of carbonyl (C=O) groups is 2. The first kappa shape index (κ1) is 15.3. The fraction of sp³-hybridized carbons (Fsp3) is 0. The van der Waals surface area contributed by atoms with Crippen molar-refractivity contribution in [2.24, 2.45) is 0 Å². The molecule has 1 aromatic carbocycles. The van der Waals surface area contributed by atoms with Crippen molar-refractivity contribution in [3.05, 3.63) is 65.3 Å². The number of imide groups is 1. The van der Waals surface area contributed by atoms with Crippen LogP contribution in [0.5, 0.6) is 0 Å². The predicted molar refractivity (Wildman–Crippen MR) is 98.5 cm³/mol. The van der Waals surface area contributed by atoms with Gasteiger partial charge in [-0.25, -0.2) is 0 Å². The summed E-state index contributed by atoms with van der Waals surface area (Å²) in [4.78, 5) is 23.1. The maximum absolute atomic E-state index is 11.6. The van der Waals surface area contributed by atoms with E-state index in [1.54, 1.807) is 18.4 Å². The number of fused-ring (bicyclic) bond motifs is 2. The topological polar surface area (TPSA) is 59.3 Å². The standard InChI is InChI=1S/C14H7NO3S.C6H4/c1-2-10(12-13(16)15-14(17)19-12)8-3-4-11-9(7-8)5-6-18-11;1-2-5-4-6(5)3-1/h1,3-7H,(H,15,16,17);1-4H. The fourth-order valence-corrected chi connectivity index (χ4v) is 3.31. The van der Waals surface area contributed by atoms with Crippen LogP contribution in [0.4, 0.5) is 4.79 Å². The monoisotopic (exact) mass is 345 g/mol. The van der Waals surface area contributed by atoms with Crippen molar-refractivity contribution in [3.8, 4) is 23.5 Å². The molecule has 1 saturated heterocycles. The Morgan fingerprint density at radius 1 is 1.08 bits per heavy atom. The molecule has 1 fully saturated rings. The summed E-state index contributed by atoms with van der Waals surface area (Å²) in [6.45, 7) is 0. The van der Waals surface area contributed by atoms with Crippen LogP contribution >= 0.6 is 11.8 Å². The average Bonchev–Trinajstić information content (AvgIpc) is 2.98. The van der Waals surface area contributed by atoms with Crippen LogP contribution in [-0.4, -0.2) is 11.1 Å². The molecule has 2 aromatic rings. The van der Waals surface area contributed by atoms with Gasteiger partial charge in [-0.2, -0.15) is 0 Å². The van der Waals surface area contributed by atoms with Crippen molar-refractivity contribution in [1.29, 1.82) is 0 Å². The van der Waals surface area contributed by atoms with Gasteiger partial charge in [-0.05, 0) is 58.8 Å². The number of thioether (sulfide) groups is 1. The third-order valence-electron chi connectivity index (χ3n) is 3.84. The average molecular weight is 345 g/mol. The van der Waals surface area contributed by atoms with Crippen LogP contribution in [0.3, 0.4) is 0 Å². The molecule has 5 heteroatoms. The lowest BCUT2D eigenvalue weighted by molar-refractivity contribution is -0.115. The summed E-state index contributed by atoms with van der Waals surface area (Å²) >= 11 is 0.823. The molecular formula is C20H11NO3S. The van der Waals surface area contributed by atoms with Crippen LogP contribution in [0.15, 0.2) is 64.1 Å². The van der Waals surface area contributed by atoms with Gasteiger partial charge >= 0.3 is 0 Å². The first-order chi connectivity index (χ1) is 12.2. The summed E-state index contributed by atoms with van der Waals surface area (Å²) in [5.74, 6) is 2.03. The highest BCUT2D eigenvalue weighted by molar-refractivity contribution is 8.18. The molecule has 0 spiro atoms. The van der Waals surface area contributed by atoms with Crippen LogP contribution in [-0.2, 0) is 4.79 Å². The van der Waals surface area contributed by atoms with Crippen LogP contribution in [0.25, 0.3) is 27.7 Å². The summed E-state index contributed by atoms with van der Waals surface area (Å²) in [7, 11) is 0. The SMILES string of the molecule is C#CC(=C1SC(=O)NC1=O)c1ccc2occc2c1.c1cc2cc-2c1. The summed E-state index contributed by atoms with van der Waals surface area (Å²) < 4.78 is 5.24. The molecule has 2 aliphatic carbocycles. The predicted octanol–water partition coefficient (Wildman–Crippen LogP) is 4.43. The van der Waals surface area contributed by atoms with E-state index in [0.717, 1.165) is 22.7 Å². The van der Waals surface area contributed by atoms with Gasteiger partial charge in [0.1, 0.15) is 5.58 Å². The van der Waals surface area contributed by atoms with Gasteiger partial charge in [0.15, 0.2) is 0 Å². The van der Waals surface area contributed by atoms with Gasteiger partial charge in [-0.3, -0.25) is 14.9 Å². The van der Waals surface area contributed by atoms with Gasteiger partial charge in [0.05, 0.1) is 16.7 Å². The van der Waals surface area contributed by atoms with Crippen molar-refractivity contribution in [1.82, 2.24) is 5.32 Å². The highest BCUT2D eigenvalue weighted by Gasteiger charge is 2.28. The first-order valence-corrected chi connectivity index (χ1v) is 8.29. The molecule has 120 valence electrons. The number of nitrogens with one attached hydrogen (secondary N) is 1. The Morgan fingerprint density at radius 2 is 1.88 bits per heavy atom. The van der Waals surface area contributed by atoms with E-state index in [9.17, 15) is 9.59 Å². The molecule has 0 unspecified atom stereocenters. The molecule has 2 heterocycles. The lowest BCUT2D eigenvalue weighted by Crippen LogP contribution is -2.18. The zero-order chi connectivity index (χ0) is 17.4. The molecule has 1 aromatic heterocycles. The van der Waals surface area contributed by atoms with Gasteiger partial charge in [0.25, 0.3) is 11.1 Å². The Bertz CT molecular complexity index is 1080. The van der Waals surface area contributed by atoms with Gasteiger partial charge in [-0.1, -0.05) is 24.1 Å². The van der Waals surface area contributed by atoms with Gasteiger partial charge in [0, 0.05) is 5.39 Å². The third-order valence-corrected chi connectivity index (χ3v) is 4.72. The normalized spacial score (nSPS) is 16.0. The lowest BCUT2D eigenvalue weighted by Gasteiger charge is -2.02. The van der Waals surface area contributed by atoms with E-state index in [2.05, 4.69) is 35.5 Å². The van der Waals surface area contributed by atoms with Crippen molar-refractivity contribution < 1.29 is 14.0 Å². The molecule has 0 bridgehead atoms. The summed E-state index contributed by atoms with van der Waals surface area (Å²) in [5.41, 5.74) is 4.72. The zero-order valence-electron chi connectivity index (χ0n) is 12.9. The molecule has 1 N–H and O–H groups in total. The lowest BCUT2D eigenvalue weighted by atomic mass is 10.0. The number of hydrogen-bond donors (Lipinski definition) is 1. The van der Waals surface area contributed by atoms with E-state index in [1.165, 1.54) is 11.1 Å². The highest BCUT2D eigenvalue weighted by Crippen LogP contribution is 2.33. The van der Waals surface area contributed by atoms with Crippen molar-refractivity contribution >= 4 is 39.5 Å². The quantitative estimate of drug-likeness (QED) is 0.410. The van der Waals surface area contributed by atoms with Gasteiger partial charge in [-0.15, -0.1) is 6.42 Å². The second kappa shape index (κ2) is 6.00. The number of furan rings is 1. The Hall–Kier alpha value is -3.23. The summed E-state index contributed by atoms with van der Waals surface area (Å²) in [6, 6.07) is 15.7. The van der Waals surface area contributed by atoms with Crippen molar-refractivity contribution in [2.75, 3.05) is 0 Å². The van der Waals surface area contributed by atoms with Crippen LogP contribution in [0.2, 0.25) is 0 Å². The Labute approximate surface area is 147 Å². The largest absolute Gasteiger partial charge is 0.464 e. The minimum atomic E-state index is -0.449. The maximum atomic E-state index is 11.6. The van der Waals surface area contributed by atoms with E-state index in [4.69, 9.17) is 10.8 Å². The van der Waals surface area contributed by atoms with E-state index in [-0.39, 0.29) is 4.91 Å². The number of carbonyl (C=O) groups excluding carboxylic acids is 2. The number of benzene rings is 2. The number of amides is 2. The maximum Gasteiger partial charge on any atom is 0.290 e. The number of terminal acetylenes is 1. The minimum Gasteiger partial charge on any atom is -0.464 e. The Balaban J connectivity index is 0.000000217. The van der Waals surface area contributed by atoms with Crippen LogP contribution in [0, 0.1) is 12.3 Å². The molecule has 1 aliphatic heterocycles. The molecule has 4 nitrogen and oxygen atoms in total. The first-order valence-electron chi connectivity index (χ1n) is 7.48. The third kappa shape index (κ3) is 2.95. The minimum absolute atomic E-state index is 0.260. The fourth-order valence-electron chi connectivity index (χ4n) is 2.56. The molecule has 0 atom stereocenters. The van der Waals surface area contributed by atoms with E-state index >= 15 is 0 Å². The molecular weight excluding hydrogens is 334 g/mol. The molecule has 2 amide bonds. The van der Waals surface area contributed by atoms with E-state index in [1.807, 2.05) is 12.1 Å². The smallest absolute Gasteiger partial charge is 0.290 e. The van der Waals surface area contributed by atoms with Crippen molar-refractivity contribution in [2.45, 2.75) is 0 Å². The van der Waals surface area contributed by atoms with Crippen molar-refractivity contribution in [3.63, 3.8) is 0 Å². The van der Waals surface area contributed by atoms with E-state index in [0.29, 0.717) is 11.1 Å². The molecule has 5 rings (SSSR count). The summed E-state index contributed by atoms with van der Waals surface area (Å²) in [5, 5.41) is 2.68. The van der Waals surface area contributed by atoms with Crippen LogP contribution in [0.1, 0.15) is 5.56 Å². The number of allylic oxidation sites excluding steroid dienone is 1. The van der Waals surface area contributed by atoms with Gasteiger partial charge in [0.2, 0.25) is 0 Å². The molecule has 0 saturated carbocycles. The number of rotatable bonds is 1. The zero-order valence-corrected chi connectivity index (χ0v) is 13.7. The second-order valence-electron chi connectivity index (χ2n) is 5.45. The highest BCUT2D eigenvalue weighted by atomic mass is 32.2. The Morgan fingerprint density at radius 3 is 2.44 bits per heavy atom. The molecule has 0 radical (unpaired) electrons. The number of hydrogen-bond acceptors (Lipinski definition) is 4. The summed E-state index contributed by atoms with van der Waals surface area (Å²) in [6.07, 6.45) is 7.06. The Kier molecular flexibility index (Phi) is 3.68. The molecule has 3 aliphatic rings. The van der Waals surface area contributed by atoms with Gasteiger partial charge < -0.3 is 4.42 Å². The van der Waals surface area contributed by atoms with E-state index < -0.39 is 11.1 Å². The second-order valence-corrected chi connectivity index (χ2v) is 6.43. The molecule has 25 heavy (non-hydrogen) atoms. The van der Waals surface area contributed by atoms with Crippen LogP contribution < -0.4 is 5.32 Å².